The number of carbonyl (C=O) groups excluding carboxylic acids is 4. The molecule has 3 heterocycles. The highest BCUT2D eigenvalue weighted by Gasteiger charge is 2.32. The number of benzene rings is 6. The van der Waals surface area contributed by atoms with E-state index < -0.39 is 0 Å². The number of phenols is 2. The minimum Gasteiger partial charge on any atom is -0.508 e. The van der Waals surface area contributed by atoms with Crippen molar-refractivity contribution in [3.05, 3.63) is 193 Å². The van der Waals surface area contributed by atoms with Gasteiger partial charge in [-0.1, -0.05) is 119 Å². The van der Waals surface area contributed by atoms with Crippen molar-refractivity contribution in [1.29, 1.82) is 0 Å². The maximum atomic E-state index is 12.6. The third-order valence-electron chi connectivity index (χ3n) is 15.3. The molecule has 0 bridgehead atoms. The van der Waals surface area contributed by atoms with E-state index in [-0.39, 0.29) is 98.7 Å². The molecule has 444 valence electrons. The first kappa shape index (κ1) is 65.2. The van der Waals surface area contributed by atoms with Crippen molar-refractivity contribution in [2.45, 2.75) is 150 Å². The molecule has 0 fully saturated rings. The summed E-state index contributed by atoms with van der Waals surface area (Å²) in [5.41, 5.74) is 14.2. The summed E-state index contributed by atoms with van der Waals surface area (Å²) in [5.74, 6) is 0.437. The fourth-order valence-corrected chi connectivity index (χ4v) is 10.7. The summed E-state index contributed by atoms with van der Waals surface area (Å²) in [6, 6.07) is 34.1. The summed E-state index contributed by atoms with van der Waals surface area (Å²) < 4.78 is 5.40. The Morgan fingerprint density at radius 2 is 0.880 bits per heavy atom. The van der Waals surface area contributed by atoms with E-state index in [0.717, 1.165) is 87.9 Å². The zero-order chi connectivity index (χ0) is 60.2. The second-order valence-electron chi connectivity index (χ2n) is 20.7. The Labute approximate surface area is 491 Å². The number of esters is 1. The largest absolute Gasteiger partial charge is 0.508 e. The smallest absolute Gasteiger partial charge is 0.310 e. The monoisotopic (exact) mass is 1160 g/mol. The Hall–Kier alpha value is -6.99. The second-order valence-corrected chi connectivity index (χ2v) is 21.2. The number of hydrogen-bond donors (Lipinski definition) is 9. The Kier molecular flexibility index (Phi) is 25.3. The number of halogens is 1. The van der Waals surface area contributed by atoms with Crippen molar-refractivity contribution in [1.82, 2.24) is 15.1 Å². The van der Waals surface area contributed by atoms with E-state index in [1.165, 1.54) is 11.1 Å². The second kappa shape index (κ2) is 32.2. The van der Waals surface area contributed by atoms with Gasteiger partial charge in [-0.25, -0.2) is 0 Å². The van der Waals surface area contributed by atoms with Crippen LogP contribution in [0.3, 0.4) is 0 Å². The highest BCUT2D eigenvalue weighted by molar-refractivity contribution is 6.63. The van der Waals surface area contributed by atoms with E-state index in [1.807, 2.05) is 84.3 Å². The van der Waals surface area contributed by atoms with Gasteiger partial charge in [-0.05, 0) is 142 Å². The van der Waals surface area contributed by atoms with Crippen molar-refractivity contribution >= 4 is 34.6 Å². The van der Waals surface area contributed by atoms with E-state index in [1.54, 1.807) is 50.2 Å². The number of nitrogens with one attached hydrogen (secondary N) is 1. The summed E-state index contributed by atoms with van der Waals surface area (Å²) in [6.07, 6.45) is 6.01. The number of ether oxygens (including phenoxy) is 1. The highest BCUT2D eigenvalue weighted by atomic mass is 35.5. The molecule has 0 radical (unpaired) electrons. The van der Waals surface area contributed by atoms with Crippen LogP contribution < -0.4 is 10.1 Å². The molecule has 83 heavy (non-hydrogen) atoms. The van der Waals surface area contributed by atoms with Crippen molar-refractivity contribution in [3.8, 4) is 17.2 Å². The zero-order valence-corrected chi connectivity index (χ0v) is 48.7. The van der Waals surface area contributed by atoms with Crippen LogP contribution >= 0.6 is 11.6 Å². The SMILES string of the molecule is CCC(=O)Cl.CCC(=O)N1CCc2cc(CO)ccc2C1Cc1ccc(CO)c(O)c1.CCC(=O)Oc1cc(CC2c3ccc(CO)cc3CCN2C(=O)CC)ccc1CO.OCc1ccc2c(c1)CCNC2Cc1ccc(CO)c(O)c1. The van der Waals surface area contributed by atoms with E-state index in [2.05, 4.69) is 17.4 Å². The first-order valence-corrected chi connectivity index (χ1v) is 28.9. The van der Waals surface area contributed by atoms with Gasteiger partial charge < -0.3 is 60.7 Å². The number of nitrogens with zero attached hydrogens (tertiary/aromatic N) is 2. The van der Waals surface area contributed by atoms with Gasteiger partial charge in [0, 0.05) is 61.5 Å². The lowest BCUT2D eigenvalue weighted by Crippen LogP contribution is -2.40. The molecule has 0 aliphatic carbocycles. The molecule has 3 aliphatic heterocycles. The zero-order valence-electron chi connectivity index (χ0n) is 48.0. The normalized spacial score (nSPS) is 15.8. The summed E-state index contributed by atoms with van der Waals surface area (Å²) in [4.78, 5) is 50.3. The minimum absolute atomic E-state index is 0.00600. The van der Waals surface area contributed by atoms with Gasteiger partial charge in [-0.2, -0.15) is 0 Å². The lowest BCUT2D eigenvalue weighted by molar-refractivity contribution is -0.134. The summed E-state index contributed by atoms with van der Waals surface area (Å²) in [5, 5.41) is 79.2. The van der Waals surface area contributed by atoms with Gasteiger partial charge in [-0.3, -0.25) is 19.2 Å². The topological polar surface area (TPSA) is 258 Å². The fourth-order valence-electron chi connectivity index (χ4n) is 10.7. The lowest BCUT2D eigenvalue weighted by atomic mass is 9.87. The number of aliphatic hydroxyl groups is 6. The molecule has 0 saturated carbocycles. The summed E-state index contributed by atoms with van der Waals surface area (Å²) >= 11 is 4.82. The molecule has 6 aromatic carbocycles. The maximum Gasteiger partial charge on any atom is 0.310 e. The van der Waals surface area contributed by atoms with Crippen LogP contribution in [0.5, 0.6) is 17.2 Å². The minimum atomic E-state index is -0.357. The van der Waals surface area contributed by atoms with Crippen molar-refractivity contribution < 1.29 is 64.8 Å². The van der Waals surface area contributed by atoms with Gasteiger partial charge in [0.25, 0.3) is 0 Å². The average Bonchev–Trinajstić information content (AvgIpc) is 3.70. The quantitative estimate of drug-likeness (QED) is 0.0236. The van der Waals surface area contributed by atoms with E-state index in [9.17, 15) is 54.9 Å². The van der Waals surface area contributed by atoms with Crippen LogP contribution in [0, 0.1) is 0 Å². The molecule has 17 heteroatoms. The Balaban J connectivity index is 0.000000194. The molecule has 3 unspecified atom stereocenters. The van der Waals surface area contributed by atoms with Crippen LogP contribution in [0.25, 0.3) is 0 Å². The highest BCUT2D eigenvalue weighted by Crippen LogP contribution is 2.37. The van der Waals surface area contributed by atoms with Gasteiger partial charge in [0.05, 0.1) is 51.7 Å². The van der Waals surface area contributed by atoms with Crippen LogP contribution in [-0.2, 0) is 97.3 Å². The molecular formula is C66H80ClN3O13. The molecule has 9 rings (SSSR count). The molecule has 16 nitrogen and oxygen atoms in total. The maximum absolute atomic E-state index is 12.6. The summed E-state index contributed by atoms with van der Waals surface area (Å²) in [6.45, 7) is 8.85. The average molecular weight is 1160 g/mol. The Bertz CT molecular complexity index is 3170. The van der Waals surface area contributed by atoms with Crippen LogP contribution in [0.2, 0.25) is 0 Å². The van der Waals surface area contributed by atoms with Crippen LogP contribution in [0.4, 0.5) is 0 Å². The van der Waals surface area contributed by atoms with Crippen LogP contribution in [0.15, 0.2) is 109 Å². The summed E-state index contributed by atoms with van der Waals surface area (Å²) in [7, 11) is 0. The third-order valence-corrected chi connectivity index (χ3v) is 15.6. The number of fused-ring (bicyclic) bond motifs is 3. The predicted octanol–water partition coefficient (Wildman–Crippen LogP) is 8.49. The first-order valence-electron chi connectivity index (χ1n) is 28.5. The number of amides is 2. The molecular weight excluding hydrogens is 1080 g/mol. The van der Waals surface area contributed by atoms with Crippen molar-refractivity contribution in [2.24, 2.45) is 0 Å². The molecule has 3 atom stereocenters. The standard InChI is InChI=1S/C24H29NO5.C21H25NO4.C18H21NO3.C3H5ClO/c1-3-23(28)25-10-9-18-11-17(14-26)6-8-20(18)21(25)12-16-5-7-19(15-27)22(13-16)30-24(29)4-2;1-2-21(26)22-8-7-16-9-15(12-23)4-6-18(16)19(22)10-14-3-5-17(13-24)20(25)11-14;20-10-13-2-4-16-14(7-13)5-6-19-17(16)8-12-1-3-15(11-21)18(22)9-12;1-2-3(4)5/h5-8,11,13,21,26-27H,3-4,9-10,12,14-15H2,1-2H3;3-6,9,11,19,23-25H,2,7-8,10,12-13H2,1H3;1-4,7,9,17,19-22H,5-6,8,10-11H2;2H2,1H3. The van der Waals surface area contributed by atoms with Gasteiger partial charge in [0.15, 0.2) is 0 Å². The lowest BCUT2D eigenvalue weighted by Gasteiger charge is -2.38. The number of aliphatic hydroxyl groups excluding tert-OH is 6. The van der Waals surface area contributed by atoms with Crippen LogP contribution in [-0.4, -0.2) is 93.3 Å². The molecule has 2 amide bonds. The Morgan fingerprint density at radius 1 is 0.482 bits per heavy atom. The number of aromatic hydroxyl groups is 2. The third kappa shape index (κ3) is 17.5. The van der Waals surface area contributed by atoms with Gasteiger partial charge in [0.2, 0.25) is 17.1 Å². The predicted molar refractivity (Wildman–Crippen MR) is 317 cm³/mol. The molecule has 0 spiro atoms. The number of carbonyl (C=O) groups is 4. The number of rotatable bonds is 17. The molecule has 0 saturated heterocycles. The number of hydrogen-bond acceptors (Lipinski definition) is 14. The van der Waals surface area contributed by atoms with Gasteiger partial charge >= 0.3 is 5.97 Å². The van der Waals surface area contributed by atoms with Crippen molar-refractivity contribution in [2.75, 3.05) is 19.6 Å². The van der Waals surface area contributed by atoms with Crippen molar-refractivity contribution in [3.63, 3.8) is 0 Å². The molecule has 0 aromatic heterocycles. The van der Waals surface area contributed by atoms with E-state index in [4.69, 9.17) is 21.4 Å². The molecule has 3 aliphatic rings. The molecule has 6 aromatic rings. The van der Waals surface area contributed by atoms with Gasteiger partial charge in [-0.15, -0.1) is 0 Å². The fraction of sp³-hybridized carbons (Fsp3) is 0.394. The van der Waals surface area contributed by atoms with Gasteiger partial charge in [0.1, 0.15) is 17.2 Å². The van der Waals surface area contributed by atoms with E-state index in [0.29, 0.717) is 67.6 Å². The van der Waals surface area contributed by atoms with Crippen LogP contribution in [0.1, 0.15) is 155 Å². The first-order chi connectivity index (χ1) is 40.0. The molecule has 9 N–H and O–H groups in total. The van der Waals surface area contributed by atoms with E-state index >= 15 is 0 Å². The Morgan fingerprint density at radius 3 is 1.28 bits per heavy atom.